The highest BCUT2D eigenvalue weighted by Gasteiger charge is 2.48. The summed E-state index contributed by atoms with van der Waals surface area (Å²) in [5.41, 5.74) is -0.498. The number of nitrogens with one attached hydrogen (secondary N) is 3. The number of esters is 1. The Balaban J connectivity index is 1.12. The van der Waals surface area contributed by atoms with Gasteiger partial charge in [-0.15, -0.1) is 11.3 Å². The number of ether oxygens (including phenoxy) is 1. The molecule has 7 rings (SSSR count). The highest BCUT2D eigenvalue weighted by Crippen LogP contribution is 2.53. The first kappa shape index (κ1) is 30.8. The van der Waals surface area contributed by atoms with Crippen molar-refractivity contribution in [3.8, 4) is 0 Å². The van der Waals surface area contributed by atoms with E-state index in [0.717, 1.165) is 21.9 Å². The second kappa shape index (κ2) is 13.4. The van der Waals surface area contributed by atoms with E-state index in [1.165, 1.54) is 73.5 Å². The molecule has 4 saturated carbocycles. The highest BCUT2D eigenvalue weighted by molar-refractivity contribution is 7.20. The molecule has 11 heteroatoms. The molecule has 1 aromatic carbocycles. The number of nitrogens with zero attached hydrogens (tertiary/aromatic N) is 1. The fourth-order valence-electron chi connectivity index (χ4n) is 7.63. The van der Waals surface area contributed by atoms with Crippen molar-refractivity contribution in [2.24, 2.45) is 23.7 Å². The van der Waals surface area contributed by atoms with Crippen LogP contribution in [-0.2, 0) is 25.7 Å². The van der Waals surface area contributed by atoms with Crippen molar-refractivity contribution in [2.75, 3.05) is 12.4 Å². The van der Waals surface area contributed by atoms with Crippen molar-refractivity contribution in [1.29, 1.82) is 0 Å². The van der Waals surface area contributed by atoms with Crippen LogP contribution >= 0.6 is 11.3 Å². The average Bonchev–Trinajstić information content (AvgIpc) is 3.46. The van der Waals surface area contributed by atoms with Crippen LogP contribution < -0.4 is 21.5 Å². The minimum Gasteiger partial charge on any atom is -0.466 e. The topological polar surface area (TPSA) is 136 Å². The molecule has 0 spiro atoms. The van der Waals surface area contributed by atoms with Gasteiger partial charge in [-0.2, -0.15) is 0 Å². The molecule has 0 saturated heterocycles. The molecular weight excluding hydrogens is 592 g/mol. The number of benzene rings is 1. The molecule has 0 radical (unpaired) electrons. The third kappa shape index (κ3) is 7.03. The van der Waals surface area contributed by atoms with Crippen LogP contribution in [0.15, 0.2) is 65.6 Å². The van der Waals surface area contributed by atoms with Crippen molar-refractivity contribution in [2.45, 2.75) is 63.6 Å². The van der Waals surface area contributed by atoms with E-state index in [2.05, 4.69) is 20.7 Å². The molecule has 3 N–H and O–H groups in total. The normalized spacial score (nSPS) is 24.0. The number of amides is 3. The van der Waals surface area contributed by atoms with Gasteiger partial charge in [0, 0.05) is 23.0 Å². The molecule has 236 valence electrons. The van der Waals surface area contributed by atoms with Crippen LogP contribution in [0.1, 0.15) is 54.6 Å². The maximum atomic E-state index is 13.5. The molecule has 0 unspecified atom stereocenters. The molecule has 45 heavy (non-hydrogen) atoms. The second-order valence-electron chi connectivity index (χ2n) is 12.5. The minimum absolute atomic E-state index is 0.0103. The van der Waals surface area contributed by atoms with Gasteiger partial charge in [0.2, 0.25) is 11.8 Å². The van der Waals surface area contributed by atoms with Gasteiger partial charge < -0.3 is 25.3 Å². The number of rotatable bonds is 11. The van der Waals surface area contributed by atoms with Crippen molar-refractivity contribution >= 4 is 50.8 Å². The van der Waals surface area contributed by atoms with E-state index in [9.17, 15) is 24.0 Å². The molecule has 1 atom stereocenters. The van der Waals surface area contributed by atoms with E-state index in [1.807, 2.05) is 24.3 Å². The summed E-state index contributed by atoms with van der Waals surface area (Å²) >= 11 is 1.32. The third-order valence-corrected chi connectivity index (χ3v) is 10.6. The average molecular weight is 631 g/mol. The lowest BCUT2D eigenvalue weighted by Crippen LogP contribution is -2.56. The molecule has 3 amide bonds. The maximum absolute atomic E-state index is 13.5. The summed E-state index contributed by atoms with van der Waals surface area (Å²) in [6.07, 6.45) is 10.9. The third-order valence-electron chi connectivity index (χ3n) is 9.49. The SMILES string of the molecule is COC(=O)/C=C/CC[C@H](NC(=O)c1cc2ccccc2s1)C(=O)Nc1cccn(CC(=O)NC2C3CC4CC(C3)CC2C4)c1=O. The zero-order valence-corrected chi connectivity index (χ0v) is 26.0. The minimum atomic E-state index is -1.00. The Kier molecular flexibility index (Phi) is 9.16. The number of thiophene rings is 1. The molecule has 4 fully saturated rings. The van der Waals surface area contributed by atoms with Crippen LogP contribution in [0, 0.1) is 23.7 Å². The number of carbonyl (C=O) groups is 4. The largest absolute Gasteiger partial charge is 0.466 e. The van der Waals surface area contributed by atoms with Crippen LogP contribution in [0.25, 0.3) is 10.1 Å². The first-order valence-electron chi connectivity index (χ1n) is 15.6. The molecule has 2 aromatic heterocycles. The van der Waals surface area contributed by atoms with Gasteiger partial charge in [0.15, 0.2) is 0 Å². The quantitative estimate of drug-likeness (QED) is 0.214. The molecule has 4 bridgehead atoms. The summed E-state index contributed by atoms with van der Waals surface area (Å²) in [7, 11) is 1.27. The summed E-state index contributed by atoms with van der Waals surface area (Å²) in [5, 5.41) is 9.61. The van der Waals surface area contributed by atoms with E-state index in [4.69, 9.17) is 0 Å². The van der Waals surface area contributed by atoms with E-state index < -0.39 is 29.4 Å². The number of aromatic nitrogens is 1. The smallest absolute Gasteiger partial charge is 0.330 e. The Bertz CT molecular complexity index is 1630. The van der Waals surface area contributed by atoms with Gasteiger partial charge in [0.25, 0.3) is 11.5 Å². The van der Waals surface area contributed by atoms with Crippen molar-refractivity contribution in [1.82, 2.24) is 15.2 Å². The van der Waals surface area contributed by atoms with Crippen molar-refractivity contribution < 1.29 is 23.9 Å². The number of fused-ring (bicyclic) bond motifs is 1. The number of allylic oxidation sites excluding steroid dienone is 1. The van der Waals surface area contributed by atoms with E-state index in [1.54, 1.807) is 18.2 Å². The van der Waals surface area contributed by atoms with Crippen molar-refractivity contribution in [3.63, 3.8) is 0 Å². The fraction of sp³-hybridized carbons (Fsp3) is 0.441. The molecule has 4 aliphatic carbocycles. The summed E-state index contributed by atoms with van der Waals surface area (Å²) in [6.45, 7) is -0.143. The lowest BCUT2D eigenvalue weighted by molar-refractivity contribution is -0.134. The first-order chi connectivity index (χ1) is 21.8. The lowest BCUT2D eigenvalue weighted by Gasteiger charge is -2.54. The predicted molar refractivity (Wildman–Crippen MR) is 172 cm³/mol. The number of carbonyl (C=O) groups excluding carboxylic acids is 4. The molecule has 0 aliphatic heterocycles. The summed E-state index contributed by atoms with van der Waals surface area (Å²) in [4.78, 5) is 65.0. The van der Waals surface area contributed by atoms with Crippen LogP contribution in [0.4, 0.5) is 5.69 Å². The standard InChI is InChI=1S/C34H38N4O6S/c1-44-30(40)11-5-3-8-25(35-33(42)28-18-22-7-2-4-10-27(22)45-28)32(41)36-26-9-6-12-38(34(26)43)19-29(39)37-31-23-14-20-13-21(16-23)17-24(31)15-20/h2,4-7,9-12,18,20-21,23-25,31H,3,8,13-17,19H2,1H3,(H,35,42)(H,36,41)(H,37,39)/b11-5+/t20?,21?,23?,24?,25-,31?/m0/s1. The number of methoxy groups -OCH3 is 1. The highest BCUT2D eigenvalue weighted by atomic mass is 32.1. The Morgan fingerprint density at radius 3 is 2.47 bits per heavy atom. The van der Waals surface area contributed by atoms with E-state index in [-0.39, 0.29) is 30.6 Å². The van der Waals surface area contributed by atoms with Gasteiger partial charge in [0.1, 0.15) is 18.3 Å². The zero-order chi connectivity index (χ0) is 31.5. The molecular formula is C34H38N4O6S. The summed E-state index contributed by atoms with van der Waals surface area (Å²) in [5.74, 6) is 0.914. The number of pyridine rings is 1. The summed E-state index contributed by atoms with van der Waals surface area (Å²) in [6, 6.07) is 11.6. The van der Waals surface area contributed by atoms with Gasteiger partial charge in [-0.25, -0.2) is 4.79 Å². The fourth-order valence-corrected chi connectivity index (χ4v) is 8.59. The van der Waals surface area contributed by atoms with E-state index >= 15 is 0 Å². The van der Waals surface area contributed by atoms with Gasteiger partial charge in [0.05, 0.1) is 12.0 Å². The Labute approximate surface area is 265 Å². The van der Waals surface area contributed by atoms with Crippen LogP contribution in [-0.4, -0.2) is 47.5 Å². The van der Waals surface area contributed by atoms with Crippen LogP contribution in [0.5, 0.6) is 0 Å². The maximum Gasteiger partial charge on any atom is 0.330 e. The monoisotopic (exact) mass is 630 g/mol. The van der Waals surface area contributed by atoms with E-state index in [0.29, 0.717) is 23.1 Å². The first-order valence-corrected chi connectivity index (χ1v) is 16.4. The predicted octanol–water partition coefficient (Wildman–Crippen LogP) is 4.25. The Hall–Kier alpha value is -4.25. The molecule has 3 aromatic rings. The van der Waals surface area contributed by atoms with Gasteiger partial charge in [-0.3, -0.25) is 19.2 Å². The number of hydrogen-bond donors (Lipinski definition) is 3. The lowest BCUT2D eigenvalue weighted by atomic mass is 9.54. The van der Waals surface area contributed by atoms with Gasteiger partial charge in [-0.05, 0) is 98.3 Å². The van der Waals surface area contributed by atoms with Crippen LogP contribution in [0.2, 0.25) is 0 Å². The molecule has 2 heterocycles. The molecule has 4 aliphatic rings. The van der Waals surface area contributed by atoms with Crippen LogP contribution in [0.3, 0.4) is 0 Å². The summed E-state index contributed by atoms with van der Waals surface area (Å²) < 4.78 is 6.86. The Morgan fingerprint density at radius 2 is 1.76 bits per heavy atom. The number of anilines is 1. The number of hydrogen-bond acceptors (Lipinski definition) is 7. The van der Waals surface area contributed by atoms with Gasteiger partial charge >= 0.3 is 5.97 Å². The van der Waals surface area contributed by atoms with Gasteiger partial charge in [-0.1, -0.05) is 24.3 Å². The zero-order valence-electron chi connectivity index (χ0n) is 25.2. The molecule has 10 nitrogen and oxygen atoms in total. The van der Waals surface area contributed by atoms with Crippen molar-refractivity contribution in [3.05, 3.63) is 76.0 Å². The Morgan fingerprint density at radius 1 is 1.02 bits per heavy atom. The second-order valence-corrected chi connectivity index (χ2v) is 13.6.